The van der Waals surface area contributed by atoms with Crippen molar-refractivity contribution < 1.29 is 8.42 Å². The summed E-state index contributed by atoms with van der Waals surface area (Å²) in [6.07, 6.45) is 3.84. The summed E-state index contributed by atoms with van der Waals surface area (Å²) in [7, 11) is -3.51. The molecule has 0 heterocycles. The van der Waals surface area contributed by atoms with Crippen LogP contribution >= 0.6 is 23.4 Å². The highest BCUT2D eigenvalue weighted by Gasteiger charge is 2.17. The van der Waals surface area contributed by atoms with Gasteiger partial charge < -0.3 is 5.73 Å². The van der Waals surface area contributed by atoms with E-state index in [1.165, 1.54) is 6.07 Å². The fourth-order valence-electron chi connectivity index (χ4n) is 1.61. The van der Waals surface area contributed by atoms with E-state index in [1.54, 1.807) is 24.8 Å². The second kappa shape index (κ2) is 7.38. The normalized spacial score (nSPS) is 11.7. The van der Waals surface area contributed by atoms with Crippen molar-refractivity contribution in [1.29, 1.82) is 0 Å². The van der Waals surface area contributed by atoms with E-state index < -0.39 is 10.0 Å². The van der Waals surface area contributed by atoms with E-state index in [0.717, 1.165) is 18.6 Å². The van der Waals surface area contributed by atoms with Crippen molar-refractivity contribution in [3.63, 3.8) is 0 Å². The lowest BCUT2D eigenvalue weighted by molar-refractivity contribution is 0.578. The smallest absolute Gasteiger partial charge is 0.240 e. The van der Waals surface area contributed by atoms with Crippen LogP contribution in [0.15, 0.2) is 17.0 Å². The Labute approximate surface area is 124 Å². The van der Waals surface area contributed by atoms with Crippen molar-refractivity contribution in [1.82, 2.24) is 4.72 Å². The van der Waals surface area contributed by atoms with Gasteiger partial charge in [0.1, 0.15) is 0 Å². The molecular formula is C12H19ClN2O2S2. The summed E-state index contributed by atoms with van der Waals surface area (Å²) in [5, 5.41) is 0.372. The summed E-state index contributed by atoms with van der Waals surface area (Å²) >= 11 is 7.61. The number of thioether (sulfide) groups is 1. The second-order valence-corrected chi connectivity index (χ2v) is 7.37. The molecule has 1 aromatic rings. The molecule has 0 aliphatic rings. The van der Waals surface area contributed by atoms with E-state index >= 15 is 0 Å². The molecular weight excluding hydrogens is 304 g/mol. The maximum atomic E-state index is 12.1. The summed E-state index contributed by atoms with van der Waals surface area (Å²) < 4.78 is 26.9. The number of nitrogens with two attached hydrogens (primary N) is 1. The number of halogens is 1. The molecule has 0 aromatic heterocycles. The van der Waals surface area contributed by atoms with E-state index in [9.17, 15) is 8.42 Å². The Morgan fingerprint density at radius 2 is 2.05 bits per heavy atom. The maximum Gasteiger partial charge on any atom is 0.240 e. The molecule has 0 bridgehead atoms. The van der Waals surface area contributed by atoms with E-state index in [-0.39, 0.29) is 10.6 Å². The third-order valence-corrected chi connectivity index (χ3v) is 5.28. The first-order chi connectivity index (χ1) is 8.88. The predicted molar refractivity (Wildman–Crippen MR) is 83.4 cm³/mol. The molecule has 0 saturated carbocycles. The molecule has 0 fully saturated rings. The van der Waals surface area contributed by atoms with Crippen molar-refractivity contribution in [3.05, 3.63) is 22.7 Å². The van der Waals surface area contributed by atoms with Gasteiger partial charge in [0.15, 0.2) is 0 Å². The van der Waals surface area contributed by atoms with Gasteiger partial charge >= 0.3 is 0 Å². The van der Waals surface area contributed by atoms with Crippen LogP contribution in [0.5, 0.6) is 0 Å². The van der Waals surface area contributed by atoms with Crippen LogP contribution in [0, 0.1) is 6.92 Å². The molecule has 3 N–H and O–H groups in total. The third kappa shape index (κ3) is 4.87. The van der Waals surface area contributed by atoms with Gasteiger partial charge in [-0.3, -0.25) is 0 Å². The van der Waals surface area contributed by atoms with Crippen LogP contribution in [0.1, 0.15) is 18.4 Å². The van der Waals surface area contributed by atoms with Crippen LogP contribution in [0.25, 0.3) is 0 Å². The van der Waals surface area contributed by atoms with E-state index in [4.69, 9.17) is 17.3 Å². The summed E-state index contributed by atoms with van der Waals surface area (Å²) in [4.78, 5) is 0.194. The molecule has 0 radical (unpaired) electrons. The van der Waals surface area contributed by atoms with Crippen LogP contribution in [0.2, 0.25) is 5.02 Å². The molecule has 0 atom stereocenters. The number of nitrogen functional groups attached to an aromatic ring is 1. The molecule has 4 nitrogen and oxygen atoms in total. The number of hydrogen-bond acceptors (Lipinski definition) is 4. The van der Waals surface area contributed by atoms with Crippen LogP contribution in [0.3, 0.4) is 0 Å². The van der Waals surface area contributed by atoms with Crippen molar-refractivity contribution in [2.24, 2.45) is 0 Å². The number of sulfonamides is 1. The molecule has 1 rings (SSSR count). The van der Waals surface area contributed by atoms with Crippen LogP contribution in [0.4, 0.5) is 5.69 Å². The molecule has 19 heavy (non-hydrogen) atoms. The van der Waals surface area contributed by atoms with Gasteiger partial charge in [0.25, 0.3) is 0 Å². The predicted octanol–water partition coefficient (Wildman–Crippen LogP) is 2.65. The van der Waals surface area contributed by atoms with Gasteiger partial charge in [-0.25, -0.2) is 13.1 Å². The Morgan fingerprint density at radius 1 is 1.37 bits per heavy atom. The number of benzene rings is 1. The Morgan fingerprint density at radius 3 is 2.68 bits per heavy atom. The monoisotopic (exact) mass is 322 g/mol. The Balaban J connectivity index is 2.75. The van der Waals surface area contributed by atoms with E-state index in [1.807, 2.05) is 6.26 Å². The second-order valence-electron chi connectivity index (χ2n) is 4.24. The Bertz CT molecular complexity index is 533. The van der Waals surface area contributed by atoms with Gasteiger partial charge in [0.05, 0.1) is 15.6 Å². The van der Waals surface area contributed by atoms with Crippen LogP contribution < -0.4 is 10.5 Å². The van der Waals surface area contributed by atoms with Crippen molar-refractivity contribution in [3.8, 4) is 0 Å². The summed E-state index contributed by atoms with van der Waals surface area (Å²) in [5.41, 5.74) is 6.52. The third-order valence-electron chi connectivity index (χ3n) is 2.65. The number of hydrogen-bond donors (Lipinski definition) is 2. The Kier molecular flexibility index (Phi) is 6.46. The Hall–Kier alpha value is -0.430. The number of unbranched alkanes of at least 4 members (excludes halogenated alkanes) is 1. The maximum absolute atomic E-state index is 12.1. The van der Waals surface area contributed by atoms with Gasteiger partial charge in [-0.2, -0.15) is 11.8 Å². The van der Waals surface area contributed by atoms with Crippen LogP contribution in [-0.2, 0) is 10.0 Å². The van der Waals surface area contributed by atoms with E-state index in [2.05, 4.69) is 4.72 Å². The summed E-state index contributed by atoms with van der Waals surface area (Å²) in [6.45, 7) is 2.14. The number of rotatable bonds is 7. The highest BCUT2D eigenvalue weighted by molar-refractivity contribution is 7.98. The molecule has 0 saturated heterocycles. The van der Waals surface area contributed by atoms with Gasteiger partial charge in [-0.1, -0.05) is 11.6 Å². The molecule has 0 unspecified atom stereocenters. The minimum absolute atomic E-state index is 0.194. The average Bonchev–Trinajstić information content (AvgIpc) is 2.33. The molecule has 0 amide bonds. The van der Waals surface area contributed by atoms with Crippen molar-refractivity contribution in [2.45, 2.75) is 24.7 Å². The van der Waals surface area contributed by atoms with Crippen molar-refractivity contribution >= 4 is 39.1 Å². The molecule has 1 aromatic carbocycles. The van der Waals surface area contributed by atoms with E-state index in [0.29, 0.717) is 17.1 Å². The zero-order valence-corrected chi connectivity index (χ0v) is 13.5. The lowest BCUT2D eigenvalue weighted by atomic mass is 10.2. The molecule has 7 heteroatoms. The van der Waals surface area contributed by atoms with Crippen LogP contribution in [-0.4, -0.2) is 27.0 Å². The topological polar surface area (TPSA) is 72.2 Å². The quantitative estimate of drug-likeness (QED) is 0.598. The molecule has 0 aliphatic heterocycles. The standard InChI is InChI=1S/C12H19ClN2O2S2/c1-9-7-10(13)11(14)8-12(9)19(16,17)15-5-3-4-6-18-2/h7-8,15H,3-6,14H2,1-2H3. The summed E-state index contributed by atoms with van der Waals surface area (Å²) in [6, 6.07) is 2.97. The average molecular weight is 323 g/mol. The zero-order chi connectivity index (χ0) is 14.5. The fourth-order valence-corrected chi connectivity index (χ4v) is 3.66. The first-order valence-corrected chi connectivity index (χ1v) is 9.18. The first-order valence-electron chi connectivity index (χ1n) is 5.92. The van der Waals surface area contributed by atoms with Gasteiger partial charge in [0, 0.05) is 6.54 Å². The number of anilines is 1. The van der Waals surface area contributed by atoms with Gasteiger partial charge in [-0.05, 0) is 49.5 Å². The summed E-state index contributed by atoms with van der Waals surface area (Å²) in [5.74, 6) is 1.04. The highest BCUT2D eigenvalue weighted by Crippen LogP contribution is 2.26. The highest BCUT2D eigenvalue weighted by atomic mass is 35.5. The van der Waals surface area contributed by atoms with Gasteiger partial charge in [-0.15, -0.1) is 0 Å². The number of nitrogens with one attached hydrogen (secondary N) is 1. The minimum Gasteiger partial charge on any atom is -0.397 e. The van der Waals surface area contributed by atoms with Crippen molar-refractivity contribution in [2.75, 3.05) is 24.3 Å². The SMILES string of the molecule is CSCCCCNS(=O)(=O)c1cc(N)c(Cl)cc1C. The first kappa shape index (κ1) is 16.6. The van der Waals surface area contributed by atoms with Gasteiger partial charge in [0.2, 0.25) is 10.0 Å². The molecule has 0 aliphatic carbocycles. The molecule has 108 valence electrons. The minimum atomic E-state index is -3.51. The lowest BCUT2D eigenvalue weighted by Crippen LogP contribution is -2.25. The fraction of sp³-hybridized carbons (Fsp3) is 0.500. The number of aryl methyl sites for hydroxylation is 1. The molecule has 0 spiro atoms. The zero-order valence-electron chi connectivity index (χ0n) is 11.1. The largest absolute Gasteiger partial charge is 0.397 e. The lowest BCUT2D eigenvalue weighted by Gasteiger charge is -2.11.